The van der Waals surface area contributed by atoms with Crippen LogP contribution in [0.1, 0.15) is 53.3 Å². The summed E-state index contributed by atoms with van der Waals surface area (Å²) in [5, 5.41) is 11.0. The van der Waals surface area contributed by atoms with E-state index in [4.69, 9.17) is 29.0 Å². The molecule has 12 heteroatoms. The molecule has 2 aromatic carbocycles. The predicted molar refractivity (Wildman–Crippen MR) is 156 cm³/mol. The third kappa shape index (κ3) is 7.01. The smallest absolute Gasteiger partial charge is 0.248 e. The molecule has 0 fully saturated rings. The molecule has 0 saturated carbocycles. The van der Waals surface area contributed by atoms with Gasteiger partial charge in [-0.15, -0.1) is 0 Å². The summed E-state index contributed by atoms with van der Waals surface area (Å²) in [5.74, 6) is 10.1. The van der Waals surface area contributed by atoms with Crippen molar-refractivity contribution >= 4 is 53.1 Å². The lowest BCUT2D eigenvalue weighted by Crippen LogP contribution is -2.30. The molecule has 8 N–H and O–H groups in total. The Balaban J connectivity index is 1.63. The first-order valence-electron chi connectivity index (χ1n) is 12.5. The Labute approximate surface area is 236 Å². The number of carbonyl (C=O) groups excluding carboxylic acids is 3. The number of anilines is 2. The van der Waals surface area contributed by atoms with Crippen LogP contribution in [0.2, 0.25) is 5.02 Å². The minimum absolute atomic E-state index is 0.174. The van der Waals surface area contributed by atoms with E-state index in [1.165, 1.54) is 17.4 Å². The number of carbonyl (C=O) groups is 3. The fraction of sp³-hybridized carbons (Fsp3) is 0.179. The van der Waals surface area contributed by atoms with Crippen molar-refractivity contribution in [2.45, 2.75) is 31.7 Å². The van der Waals surface area contributed by atoms with Crippen molar-refractivity contribution in [1.29, 1.82) is 0 Å². The highest BCUT2D eigenvalue weighted by Gasteiger charge is 2.19. The van der Waals surface area contributed by atoms with Crippen molar-refractivity contribution in [3.63, 3.8) is 0 Å². The molecule has 0 saturated heterocycles. The number of hydrogen-bond acceptors (Lipinski definition) is 7. The summed E-state index contributed by atoms with van der Waals surface area (Å²) in [6.07, 6.45) is 7.97. The second kappa shape index (κ2) is 12.9. The monoisotopic (exact) mass is 560 g/mol. The minimum atomic E-state index is -0.592. The molecule has 1 atom stereocenters. The van der Waals surface area contributed by atoms with Crippen LogP contribution in [0.4, 0.5) is 11.4 Å². The molecule has 2 bridgehead atoms. The molecule has 0 unspecified atom stereocenters. The van der Waals surface area contributed by atoms with E-state index in [-0.39, 0.29) is 23.8 Å². The van der Waals surface area contributed by atoms with E-state index < -0.39 is 11.9 Å². The van der Waals surface area contributed by atoms with Crippen LogP contribution in [0.5, 0.6) is 0 Å². The predicted octanol–water partition coefficient (Wildman–Crippen LogP) is 3.47. The lowest BCUT2D eigenvalue weighted by Gasteiger charge is -2.20. The van der Waals surface area contributed by atoms with Crippen molar-refractivity contribution in [2.24, 2.45) is 22.5 Å². The van der Waals surface area contributed by atoms with Crippen molar-refractivity contribution in [1.82, 2.24) is 10.3 Å². The number of hydrazine groups is 1. The summed E-state index contributed by atoms with van der Waals surface area (Å²) in [6, 6.07) is 13.2. The van der Waals surface area contributed by atoms with Gasteiger partial charge in [-0.2, -0.15) is 5.10 Å². The Morgan fingerprint density at radius 3 is 2.75 bits per heavy atom. The normalized spacial score (nSPS) is 15.6. The van der Waals surface area contributed by atoms with Crippen molar-refractivity contribution in [3.8, 4) is 11.1 Å². The number of primary amides is 1. The molecule has 206 valence electrons. The summed E-state index contributed by atoms with van der Waals surface area (Å²) in [4.78, 5) is 41.9. The Morgan fingerprint density at radius 2 is 1.98 bits per heavy atom. The summed E-state index contributed by atoms with van der Waals surface area (Å²) in [5.41, 5.74) is 9.47. The number of halogens is 1. The van der Waals surface area contributed by atoms with Gasteiger partial charge >= 0.3 is 0 Å². The van der Waals surface area contributed by atoms with Crippen molar-refractivity contribution in [3.05, 3.63) is 82.6 Å². The van der Waals surface area contributed by atoms with Gasteiger partial charge in [0.25, 0.3) is 0 Å². The zero-order valence-electron chi connectivity index (χ0n) is 21.5. The van der Waals surface area contributed by atoms with Crippen LogP contribution in [0.25, 0.3) is 17.2 Å². The van der Waals surface area contributed by atoms with E-state index in [0.29, 0.717) is 52.5 Å². The van der Waals surface area contributed by atoms with Gasteiger partial charge in [0.05, 0.1) is 17.4 Å². The molecule has 4 rings (SSSR count). The molecule has 0 aliphatic carbocycles. The molecular weight excluding hydrogens is 532 g/mol. The van der Waals surface area contributed by atoms with Gasteiger partial charge < -0.3 is 22.2 Å². The van der Waals surface area contributed by atoms with E-state index in [1.807, 2.05) is 6.07 Å². The van der Waals surface area contributed by atoms with Crippen molar-refractivity contribution < 1.29 is 14.4 Å². The molecule has 11 nitrogen and oxygen atoms in total. The topological polar surface area (TPSA) is 182 Å². The Kier molecular flexibility index (Phi) is 9.10. The highest BCUT2D eigenvalue weighted by Crippen LogP contribution is 2.32. The van der Waals surface area contributed by atoms with E-state index >= 15 is 0 Å². The molecule has 2 heterocycles. The van der Waals surface area contributed by atoms with E-state index in [0.717, 1.165) is 5.56 Å². The summed E-state index contributed by atoms with van der Waals surface area (Å²) >= 11 is 6.15. The van der Waals surface area contributed by atoms with Gasteiger partial charge in [0, 0.05) is 46.1 Å². The Bertz CT molecular complexity index is 1490. The van der Waals surface area contributed by atoms with E-state index in [9.17, 15) is 14.4 Å². The van der Waals surface area contributed by atoms with Gasteiger partial charge in [-0.25, -0.2) is 5.84 Å². The maximum atomic E-state index is 13.0. The zero-order chi connectivity index (χ0) is 28.6. The highest BCUT2D eigenvalue weighted by molar-refractivity contribution is 6.30. The molecule has 3 aromatic rings. The molecule has 3 amide bonds. The standard InChI is InChI=1S/C28H29ClN8O3/c29-20-7-9-25(37(32)16-34-31)18(13-20)6-10-27(39)35-22-3-1-2-4-26(38)36-23-15-19(28(30)40)5-8-21(23)17-11-12-33-24(22)14-17/h5-16,22H,1-4,31-32H2,(H2,30,40)(H,35,39)(H,36,38)/b10-6+,34-16-/t22-/m0/s1. The highest BCUT2D eigenvalue weighted by atomic mass is 35.5. The maximum absolute atomic E-state index is 13.0. The zero-order valence-corrected chi connectivity index (χ0v) is 22.3. The first-order chi connectivity index (χ1) is 19.2. The lowest BCUT2D eigenvalue weighted by atomic mass is 9.97. The van der Waals surface area contributed by atoms with Crippen LogP contribution in [0, 0.1) is 0 Å². The number of nitrogens with one attached hydrogen (secondary N) is 2. The summed E-state index contributed by atoms with van der Waals surface area (Å²) < 4.78 is 0. The fourth-order valence-electron chi connectivity index (χ4n) is 4.41. The average molecular weight is 561 g/mol. The first-order valence-corrected chi connectivity index (χ1v) is 12.9. The van der Waals surface area contributed by atoms with Gasteiger partial charge in [0.2, 0.25) is 17.7 Å². The van der Waals surface area contributed by atoms with E-state index in [2.05, 4.69) is 20.7 Å². The quantitative estimate of drug-likeness (QED) is 0.100. The van der Waals surface area contributed by atoms with Gasteiger partial charge in [-0.1, -0.05) is 24.1 Å². The Morgan fingerprint density at radius 1 is 1.15 bits per heavy atom. The number of nitrogens with two attached hydrogens (primary N) is 3. The number of hydrazone groups is 1. The van der Waals surface area contributed by atoms with Crippen molar-refractivity contribution in [2.75, 3.05) is 10.3 Å². The van der Waals surface area contributed by atoms with Crippen LogP contribution in [0.3, 0.4) is 0 Å². The Hall–Kier alpha value is -4.74. The second-order valence-electron chi connectivity index (χ2n) is 9.16. The molecule has 1 aliphatic rings. The molecule has 40 heavy (non-hydrogen) atoms. The third-order valence-electron chi connectivity index (χ3n) is 6.36. The van der Waals surface area contributed by atoms with Crippen LogP contribution < -0.4 is 33.1 Å². The molecule has 1 aromatic heterocycles. The number of benzene rings is 2. The van der Waals surface area contributed by atoms with Crippen LogP contribution in [0.15, 0.2) is 65.9 Å². The van der Waals surface area contributed by atoms with Crippen LogP contribution in [-0.2, 0) is 9.59 Å². The number of nitrogens with zero attached hydrogens (tertiary/aromatic N) is 3. The minimum Gasteiger partial charge on any atom is -0.366 e. The number of fused-ring (bicyclic) bond motifs is 4. The summed E-state index contributed by atoms with van der Waals surface area (Å²) in [6.45, 7) is 0. The average Bonchev–Trinajstić information content (AvgIpc) is 2.93. The van der Waals surface area contributed by atoms with E-state index in [1.54, 1.807) is 54.7 Å². The lowest BCUT2D eigenvalue weighted by molar-refractivity contribution is -0.118. The summed E-state index contributed by atoms with van der Waals surface area (Å²) in [7, 11) is 0. The number of amides is 3. The van der Waals surface area contributed by atoms with Gasteiger partial charge in [0.15, 0.2) is 0 Å². The fourth-order valence-corrected chi connectivity index (χ4v) is 4.59. The van der Waals surface area contributed by atoms with Gasteiger partial charge in [0.1, 0.15) is 6.34 Å². The largest absolute Gasteiger partial charge is 0.366 e. The first kappa shape index (κ1) is 28.3. The number of hydrogen-bond donors (Lipinski definition) is 5. The molecule has 0 radical (unpaired) electrons. The molecule has 0 spiro atoms. The third-order valence-corrected chi connectivity index (χ3v) is 6.60. The SMILES string of the molecule is N/N=C\N(N)c1ccc(Cl)cc1/C=C/C(=O)N[C@H]1CCCCC(=O)Nc2cc(C(N)=O)ccc2-c2ccnc1c2. The number of pyridine rings is 1. The maximum Gasteiger partial charge on any atom is 0.248 e. The second-order valence-corrected chi connectivity index (χ2v) is 9.59. The van der Waals surface area contributed by atoms with Crippen LogP contribution >= 0.6 is 11.6 Å². The number of aromatic nitrogens is 1. The van der Waals surface area contributed by atoms with Gasteiger partial charge in [-0.3, -0.25) is 24.4 Å². The molecule has 1 aliphatic heterocycles. The molecular formula is C28H29ClN8O3. The van der Waals surface area contributed by atoms with Crippen LogP contribution in [-0.4, -0.2) is 29.0 Å². The number of rotatable bonds is 6. The van der Waals surface area contributed by atoms with Gasteiger partial charge in [-0.05, 0) is 66.9 Å².